The summed E-state index contributed by atoms with van der Waals surface area (Å²) in [4.78, 5) is 18.7. The number of rotatable bonds is 6. The van der Waals surface area contributed by atoms with Crippen molar-refractivity contribution in [1.82, 2.24) is 9.97 Å². The molecular weight excluding hydrogens is 290 g/mol. The van der Waals surface area contributed by atoms with Crippen LogP contribution in [-0.4, -0.2) is 27.6 Å². The van der Waals surface area contributed by atoms with Crippen LogP contribution in [0, 0.1) is 0 Å². The fourth-order valence-corrected chi connectivity index (χ4v) is 2.85. The van der Waals surface area contributed by atoms with Gasteiger partial charge in [-0.1, -0.05) is 0 Å². The van der Waals surface area contributed by atoms with Gasteiger partial charge in [-0.05, 0) is 61.7 Å². The van der Waals surface area contributed by atoms with Crippen molar-refractivity contribution in [2.45, 2.75) is 19.3 Å². The number of H-pyrrole nitrogens is 1. The number of nitrogens with zero attached hydrogens (tertiary/aromatic N) is 1. The monoisotopic (exact) mass is 309 g/mol. The lowest BCUT2D eigenvalue weighted by atomic mass is 10.00. The molecule has 23 heavy (non-hydrogen) atoms. The van der Waals surface area contributed by atoms with Crippen molar-refractivity contribution in [3.63, 3.8) is 0 Å². The average Bonchev–Trinajstić information content (AvgIpc) is 2.94. The Bertz CT molecular complexity index is 825. The fraction of sp³-hybridized carbons (Fsp3) is 0.222. The average molecular weight is 309 g/mol. The van der Waals surface area contributed by atoms with Gasteiger partial charge in [-0.3, -0.25) is 4.98 Å². The first-order valence-electron chi connectivity index (χ1n) is 7.69. The van der Waals surface area contributed by atoms with Gasteiger partial charge in [0.25, 0.3) is 0 Å². The number of unbranched alkanes of at least 4 members (excludes halogenated alkanes) is 1. The van der Waals surface area contributed by atoms with E-state index >= 15 is 0 Å². The lowest BCUT2D eigenvalue weighted by Crippen LogP contribution is -1.99. The molecule has 0 unspecified atom stereocenters. The van der Waals surface area contributed by atoms with Crippen molar-refractivity contribution in [2.24, 2.45) is 5.73 Å². The van der Waals surface area contributed by atoms with Gasteiger partial charge in [-0.25, -0.2) is 4.79 Å². The van der Waals surface area contributed by atoms with E-state index in [1.165, 1.54) is 0 Å². The number of nitrogens with one attached hydrogen (secondary N) is 1. The molecule has 0 saturated heterocycles. The Morgan fingerprint density at radius 3 is 2.65 bits per heavy atom. The number of aromatic amines is 1. The Morgan fingerprint density at radius 2 is 1.96 bits per heavy atom. The molecule has 5 heteroatoms. The third kappa shape index (κ3) is 3.10. The van der Waals surface area contributed by atoms with E-state index in [0.29, 0.717) is 12.1 Å². The maximum Gasteiger partial charge on any atom is 0.335 e. The molecule has 0 spiro atoms. The highest BCUT2D eigenvalue weighted by atomic mass is 16.4. The number of hydrogen-bond donors (Lipinski definition) is 3. The molecule has 0 aliphatic heterocycles. The zero-order chi connectivity index (χ0) is 16.2. The van der Waals surface area contributed by atoms with Crippen LogP contribution in [-0.2, 0) is 6.42 Å². The molecule has 0 amide bonds. The summed E-state index contributed by atoms with van der Waals surface area (Å²) in [7, 11) is 0. The Labute approximate surface area is 134 Å². The van der Waals surface area contributed by atoms with Crippen molar-refractivity contribution in [3.05, 3.63) is 53.9 Å². The largest absolute Gasteiger partial charge is 0.478 e. The van der Waals surface area contributed by atoms with Gasteiger partial charge in [-0.15, -0.1) is 0 Å². The molecule has 1 aromatic carbocycles. The third-order valence-electron chi connectivity index (χ3n) is 4.00. The fourth-order valence-electron chi connectivity index (χ4n) is 2.85. The standard InChI is InChI=1S/C18H19N3O2/c19-8-2-1-3-14-15-11-13(18(22)23)4-5-16(15)21-17(14)12-6-9-20-10-7-12/h4-7,9-11,21H,1-3,8,19H2,(H,22,23). The topological polar surface area (TPSA) is 92.0 Å². The van der Waals surface area contributed by atoms with Gasteiger partial charge in [0.2, 0.25) is 0 Å². The number of hydrogen-bond acceptors (Lipinski definition) is 3. The SMILES string of the molecule is NCCCCc1c(-c2ccncc2)[nH]c2ccc(C(=O)O)cc12. The van der Waals surface area contributed by atoms with Gasteiger partial charge < -0.3 is 15.8 Å². The smallest absolute Gasteiger partial charge is 0.335 e. The first-order chi connectivity index (χ1) is 11.2. The molecule has 2 aromatic heterocycles. The van der Waals surface area contributed by atoms with E-state index in [9.17, 15) is 9.90 Å². The summed E-state index contributed by atoms with van der Waals surface area (Å²) in [5.41, 5.74) is 10.1. The van der Waals surface area contributed by atoms with Crippen LogP contribution in [0.3, 0.4) is 0 Å². The molecule has 0 aliphatic rings. The van der Waals surface area contributed by atoms with Crippen molar-refractivity contribution < 1.29 is 9.90 Å². The van der Waals surface area contributed by atoms with Crippen LogP contribution in [0.2, 0.25) is 0 Å². The zero-order valence-electron chi connectivity index (χ0n) is 12.7. The molecule has 0 aliphatic carbocycles. The summed E-state index contributed by atoms with van der Waals surface area (Å²) in [5.74, 6) is -0.911. The van der Waals surface area contributed by atoms with Crippen LogP contribution in [0.1, 0.15) is 28.8 Å². The van der Waals surface area contributed by atoms with E-state index in [1.54, 1.807) is 24.5 Å². The number of benzene rings is 1. The maximum atomic E-state index is 11.3. The minimum atomic E-state index is -0.911. The predicted octanol–water partition coefficient (Wildman–Crippen LogP) is 3.21. The van der Waals surface area contributed by atoms with Crippen LogP contribution in [0.5, 0.6) is 0 Å². The molecule has 4 N–H and O–H groups in total. The number of aromatic carboxylic acids is 1. The lowest BCUT2D eigenvalue weighted by Gasteiger charge is -2.05. The second-order valence-electron chi connectivity index (χ2n) is 5.53. The quantitative estimate of drug-likeness (QED) is 0.610. The molecule has 2 heterocycles. The summed E-state index contributed by atoms with van der Waals surface area (Å²) in [6.45, 7) is 0.660. The maximum absolute atomic E-state index is 11.3. The van der Waals surface area contributed by atoms with Crippen LogP contribution in [0.15, 0.2) is 42.7 Å². The van der Waals surface area contributed by atoms with Gasteiger partial charge in [0.1, 0.15) is 0 Å². The summed E-state index contributed by atoms with van der Waals surface area (Å²) in [6, 6.07) is 9.11. The predicted molar refractivity (Wildman–Crippen MR) is 90.5 cm³/mol. The van der Waals surface area contributed by atoms with E-state index in [2.05, 4.69) is 9.97 Å². The number of nitrogens with two attached hydrogens (primary N) is 1. The van der Waals surface area contributed by atoms with E-state index in [0.717, 1.165) is 47.0 Å². The zero-order valence-corrected chi connectivity index (χ0v) is 12.7. The highest BCUT2D eigenvalue weighted by Crippen LogP contribution is 2.32. The second-order valence-corrected chi connectivity index (χ2v) is 5.53. The Balaban J connectivity index is 2.14. The van der Waals surface area contributed by atoms with Crippen LogP contribution >= 0.6 is 0 Å². The van der Waals surface area contributed by atoms with Gasteiger partial charge in [-0.2, -0.15) is 0 Å². The van der Waals surface area contributed by atoms with Crippen molar-refractivity contribution in [1.29, 1.82) is 0 Å². The Morgan fingerprint density at radius 1 is 1.17 bits per heavy atom. The van der Waals surface area contributed by atoms with Gasteiger partial charge in [0, 0.05) is 34.6 Å². The second kappa shape index (κ2) is 6.62. The Kier molecular flexibility index (Phi) is 4.39. The number of pyridine rings is 1. The molecule has 3 rings (SSSR count). The van der Waals surface area contributed by atoms with Crippen LogP contribution in [0.25, 0.3) is 22.2 Å². The van der Waals surface area contributed by atoms with E-state index in [1.807, 2.05) is 18.2 Å². The van der Waals surface area contributed by atoms with Gasteiger partial charge >= 0.3 is 5.97 Å². The molecule has 3 aromatic rings. The van der Waals surface area contributed by atoms with Gasteiger partial charge in [0.15, 0.2) is 0 Å². The number of fused-ring (bicyclic) bond motifs is 1. The number of carbonyl (C=O) groups is 1. The first-order valence-corrected chi connectivity index (χ1v) is 7.69. The molecule has 0 atom stereocenters. The molecule has 0 saturated carbocycles. The normalized spacial score (nSPS) is 11.0. The van der Waals surface area contributed by atoms with E-state index in [-0.39, 0.29) is 0 Å². The van der Waals surface area contributed by atoms with E-state index in [4.69, 9.17) is 5.73 Å². The van der Waals surface area contributed by atoms with Crippen LogP contribution < -0.4 is 5.73 Å². The Hall–Kier alpha value is -2.66. The lowest BCUT2D eigenvalue weighted by molar-refractivity contribution is 0.0697. The molecule has 0 radical (unpaired) electrons. The summed E-state index contributed by atoms with van der Waals surface area (Å²) >= 11 is 0. The van der Waals surface area contributed by atoms with Crippen LogP contribution in [0.4, 0.5) is 0 Å². The molecular formula is C18H19N3O2. The van der Waals surface area contributed by atoms with Crippen molar-refractivity contribution in [2.75, 3.05) is 6.54 Å². The summed E-state index contributed by atoms with van der Waals surface area (Å²) < 4.78 is 0. The number of aryl methyl sites for hydroxylation is 1. The molecule has 0 fully saturated rings. The van der Waals surface area contributed by atoms with E-state index < -0.39 is 5.97 Å². The van der Waals surface area contributed by atoms with Crippen molar-refractivity contribution >= 4 is 16.9 Å². The highest BCUT2D eigenvalue weighted by molar-refractivity contribution is 5.97. The number of carboxylic acid groups (broad SMARTS) is 1. The summed E-state index contributed by atoms with van der Waals surface area (Å²) in [6.07, 6.45) is 6.29. The highest BCUT2D eigenvalue weighted by Gasteiger charge is 2.14. The van der Waals surface area contributed by atoms with Gasteiger partial charge in [0.05, 0.1) is 5.56 Å². The first kappa shape index (κ1) is 15.2. The minimum Gasteiger partial charge on any atom is -0.478 e. The number of aromatic nitrogens is 2. The summed E-state index contributed by atoms with van der Waals surface area (Å²) in [5, 5.41) is 10.2. The molecule has 118 valence electrons. The minimum absolute atomic E-state index is 0.304. The number of carboxylic acids is 1. The van der Waals surface area contributed by atoms with Crippen molar-refractivity contribution in [3.8, 4) is 11.3 Å². The third-order valence-corrected chi connectivity index (χ3v) is 4.00. The molecule has 5 nitrogen and oxygen atoms in total. The molecule has 0 bridgehead atoms.